The molecule has 1 radical (unpaired) electrons. The van der Waals surface area contributed by atoms with Crippen LogP contribution in [0.4, 0.5) is 5.69 Å². The minimum Gasteiger partial charge on any atom is -0.660 e. The number of rotatable bonds is 9. The SMILES string of the molecule is C1CNCC[N-]1.CC(C)CN(CN)CCc1ccc(N)cc1.O=CN/C=C/C=N/O.[Y]. The molecule has 31 heavy (non-hydrogen) atoms. The molecule has 0 atom stereocenters. The Kier molecular flexibility index (Phi) is 23.9. The molecule has 10 heteroatoms. The van der Waals surface area contributed by atoms with E-state index in [4.69, 9.17) is 16.7 Å². The second kappa shape index (κ2) is 23.3. The molecule has 0 unspecified atom stereocenters. The Labute approximate surface area is 211 Å². The molecule has 1 aliphatic heterocycles. The molecule has 173 valence electrons. The first-order chi connectivity index (χ1) is 14.5. The van der Waals surface area contributed by atoms with Crippen molar-refractivity contribution in [2.75, 3.05) is 51.7 Å². The van der Waals surface area contributed by atoms with Gasteiger partial charge in [0, 0.05) is 64.4 Å². The number of hydrogen-bond acceptors (Lipinski definition) is 7. The first-order valence-corrected chi connectivity index (χ1v) is 10.2. The summed E-state index contributed by atoms with van der Waals surface area (Å²) in [6.45, 7) is 11.3. The van der Waals surface area contributed by atoms with Crippen LogP contribution >= 0.6 is 0 Å². The average molecular weight is 509 g/mol. The predicted molar refractivity (Wildman–Crippen MR) is 125 cm³/mol. The molecule has 0 spiro atoms. The smallest absolute Gasteiger partial charge is 0.211 e. The first kappa shape index (κ1) is 31.8. The molecule has 1 amide bonds. The van der Waals surface area contributed by atoms with Gasteiger partial charge in [-0.1, -0.05) is 31.1 Å². The number of hydrogen-bond donors (Lipinski definition) is 5. The van der Waals surface area contributed by atoms with Crippen LogP contribution in [0.15, 0.2) is 41.7 Å². The monoisotopic (exact) mass is 509 g/mol. The minimum absolute atomic E-state index is 0. The van der Waals surface area contributed by atoms with E-state index in [9.17, 15) is 4.79 Å². The molecular weight excluding hydrogens is 471 g/mol. The molecule has 1 aromatic carbocycles. The molecule has 9 nitrogen and oxygen atoms in total. The van der Waals surface area contributed by atoms with Gasteiger partial charge in [-0.3, -0.25) is 9.69 Å². The Morgan fingerprint density at radius 3 is 2.35 bits per heavy atom. The molecule has 0 aliphatic carbocycles. The minimum atomic E-state index is 0. The van der Waals surface area contributed by atoms with E-state index < -0.39 is 0 Å². The van der Waals surface area contributed by atoms with Crippen molar-refractivity contribution < 1.29 is 42.7 Å². The van der Waals surface area contributed by atoms with Crippen LogP contribution in [0.25, 0.3) is 5.32 Å². The number of nitrogens with two attached hydrogens (primary N) is 2. The number of carbonyl (C=O) groups is 1. The van der Waals surface area contributed by atoms with Gasteiger partial charge in [-0.05, 0) is 49.2 Å². The summed E-state index contributed by atoms with van der Waals surface area (Å²) in [5.41, 5.74) is 13.5. The van der Waals surface area contributed by atoms with E-state index in [0.29, 0.717) is 19.0 Å². The molecule has 1 saturated heterocycles. The number of carbonyl (C=O) groups excluding carboxylic acids is 1. The maximum atomic E-state index is 9.50. The summed E-state index contributed by atoms with van der Waals surface area (Å²) in [4.78, 5) is 11.8. The van der Waals surface area contributed by atoms with Crippen molar-refractivity contribution in [1.82, 2.24) is 15.5 Å². The van der Waals surface area contributed by atoms with Crippen LogP contribution in [0.1, 0.15) is 19.4 Å². The van der Waals surface area contributed by atoms with E-state index in [1.54, 1.807) is 0 Å². The van der Waals surface area contributed by atoms with E-state index in [1.165, 1.54) is 17.8 Å². The Balaban J connectivity index is 0. The maximum absolute atomic E-state index is 9.50. The molecule has 2 rings (SSSR count). The second-order valence-electron chi connectivity index (χ2n) is 6.97. The molecule has 0 aromatic heterocycles. The number of nitrogen functional groups attached to an aromatic ring is 1. The largest absolute Gasteiger partial charge is 0.660 e. The maximum Gasteiger partial charge on any atom is 0.211 e. The number of anilines is 1. The molecule has 0 bridgehead atoms. The van der Waals surface area contributed by atoms with Gasteiger partial charge in [-0.25, -0.2) is 0 Å². The number of benzene rings is 1. The van der Waals surface area contributed by atoms with E-state index in [1.807, 2.05) is 12.1 Å². The zero-order valence-corrected chi connectivity index (χ0v) is 21.6. The van der Waals surface area contributed by atoms with Crippen LogP contribution < -0.4 is 22.1 Å². The number of amides is 1. The van der Waals surface area contributed by atoms with E-state index in [-0.39, 0.29) is 32.7 Å². The number of nitrogens with one attached hydrogen (secondary N) is 2. The van der Waals surface area contributed by atoms with Crippen LogP contribution in [0.2, 0.25) is 0 Å². The van der Waals surface area contributed by atoms with Gasteiger partial charge in [0.15, 0.2) is 0 Å². The average Bonchev–Trinajstić information content (AvgIpc) is 2.77. The number of oxime groups is 1. The summed E-state index contributed by atoms with van der Waals surface area (Å²) in [5.74, 6) is 0.662. The fourth-order valence-corrected chi connectivity index (χ4v) is 2.47. The Morgan fingerprint density at radius 1 is 1.29 bits per heavy atom. The fraction of sp³-hybridized carbons (Fsp3) is 0.524. The third-order valence-corrected chi connectivity index (χ3v) is 3.88. The Hall–Kier alpha value is -1.36. The van der Waals surface area contributed by atoms with Crippen LogP contribution in [0, 0.1) is 5.92 Å². The van der Waals surface area contributed by atoms with Crippen LogP contribution in [0.5, 0.6) is 0 Å². The molecule has 1 aromatic rings. The van der Waals surface area contributed by atoms with Gasteiger partial charge in [0.25, 0.3) is 0 Å². The third kappa shape index (κ3) is 21.7. The summed E-state index contributed by atoms with van der Waals surface area (Å²) in [6, 6.07) is 8.06. The normalized spacial score (nSPS) is 13.2. The number of piperazine rings is 1. The van der Waals surface area contributed by atoms with Crippen LogP contribution in [-0.2, 0) is 43.9 Å². The van der Waals surface area contributed by atoms with Crippen molar-refractivity contribution in [3.05, 3.63) is 47.4 Å². The molecule has 0 saturated carbocycles. The van der Waals surface area contributed by atoms with E-state index >= 15 is 0 Å². The zero-order chi connectivity index (χ0) is 22.5. The van der Waals surface area contributed by atoms with Crippen molar-refractivity contribution in [1.29, 1.82) is 0 Å². The predicted octanol–water partition coefficient (Wildman–Crippen LogP) is 1.35. The topological polar surface area (TPSA) is 143 Å². The van der Waals surface area contributed by atoms with Gasteiger partial charge in [0.2, 0.25) is 6.41 Å². The summed E-state index contributed by atoms with van der Waals surface area (Å²) < 4.78 is 0. The summed E-state index contributed by atoms with van der Waals surface area (Å²) in [7, 11) is 0. The van der Waals surface area contributed by atoms with Gasteiger partial charge in [0.05, 0.1) is 6.21 Å². The molecule has 1 fully saturated rings. The van der Waals surface area contributed by atoms with Gasteiger partial charge < -0.3 is 32.6 Å². The molecule has 1 heterocycles. The fourth-order valence-electron chi connectivity index (χ4n) is 2.47. The third-order valence-electron chi connectivity index (χ3n) is 3.88. The van der Waals surface area contributed by atoms with Crippen molar-refractivity contribution >= 4 is 18.3 Å². The van der Waals surface area contributed by atoms with Gasteiger partial charge >= 0.3 is 0 Å². The van der Waals surface area contributed by atoms with Crippen molar-refractivity contribution in [2.45, 2.75) is 20.3 Å². The molecule has 1 aliphatic rings. The van der Waals surface area contributed by atoms with E-state index in [0.717, 1.165) is 57.6 Å². The van der Waals surface area contributed by atoms with E-state index in [2.05, 4.69) is 52.0 Å². The quantitative estimate of drug-likeness (QED) is 0.0850. The van der Waals surface area contributed by atoms with Gasteiger partial charge in [-0.15, -0.1) is 13.1 Å². The second-order valence-corrected chi connectivity index (χ2v) is 6.97. The van der Waals surface area contributed by atoms with Crippen LogP contribution in [0.3, 0.4) is 0 Å². The van der Waals surface area contributed by atoms with Gasteiger partial charge in [0.1, 0.15) is 0 Å². The van der Waals surface area contributed by atoms with Crippen molar-refractivity contribution in [3.8, 4) is 0 Å². The Bertz CT molecular complexity index is 568. The summed E-state index contributed by atoms with van der Waals surface area (Å²) >= 11 is 0. The van der Waals surface area contributed by atoms with Gasteiger partial charge in [-0.2, -0.15) is 0 Å². The molecule has 7 N–H and O–H groups in total. The van der Waals surface area contributed by atoms with Crippen molar-refractivity contribution in [2.24, 2.45) is 16.8 Å². The number of nitrogens with zero attached hydrogens (tertiary/aromatic N) is 3. The molecular formula is C21H38N7O2Y-. The summed E-state index contributed by atoms with van der Waals surface area (Å²) in [5, 5.41) is 19.9. The van der Waals surface area contributed by atoms with Crippen molar-refractivity contribution in [3.63, 3.8) is 0 Å². The first-order valence-electron chi connectivity index (χ1n) is 10.2. The number of allylic oxidation sites excluding steroid dienone is 1. The summed E-state index contributed by atoms with van der Waals surface area (Å²) in [6.07, 6.45) is 5.41. The standard InChI is InChI=1S/C13H23N3.C4H6N2O2.C4H9N2.Y/c1-11(2)9-16(10-14)8-7-12-3-5-13(15)6-4-12;7-4-5-2-1-3-6-8;1-2-6-4-3-5-1;/h3-6,11H,7-10,14-15H2,1-2H3;1-4,8H,(H,5,7);5H,1-4H2;/q;;-1;/b;2-1+,6-3+;;. The zero-order valence-electron chi connectivity index (χ0n) is 18.8. The Morgan fingerprint density at radius 2 is 1.94 bits per heavy atom. The van der Waals surface area contributed by atoms with Crippen LogP contribution in [-0.4, -0.2) is 68.7 Å².